The Bertz CT molecular complexity index is 360. The second kappa shape index (κ2) is 6.50. The summed E-state index contributed by atoms with van der Waals surface area (Å²) >= 11 is 0. The summed E-state index contributed by atoms with van der Waals surface area (Å²) in [7, 11) is -3.64. The number of hydrogen-bond donors (Lipinski definition) is 1. The van der Waals surface area contributed by atoms with Crippen molar-refractivity contribution in [2.24, 2.45) is 5.41 Å². The van der Waals surface area contributed by atoms with Gasteiger partial charge in [-0.05, 0) is 26.2 Å². The van der Waals surface area contributed by atoms with E-state index in [-0.39, 0.29) is 23.7 Å². The van der Waals surface area contributed by atoms with E-state index < -0.39 is 13.7 Å². The number of nitrogens with one attached hydrogen (secondary N) is 1. The monoisotopic (exact) mass is 277 g/mol. The summed E-state index contributed by atoms with van der Waals surface area (Å²) in [5, 5.41) is 2.27. The van der Waals surface area contributed by atoms with E-state index in [1.807, 2.05) is 20.8 Å². The average Bonchev–Trinajstić information content (AvgIpc) is 2.15. The molecule has 5 nitrogen and oxygen atoms in total. The lowest BCUT2D eigenvalue weighted by molar-refractivity contribution is -0.116. The topological polar surface area (TPSA) is 64.6 Å². The van der Waals surface area contributed by atoms with Crippen molar-refractivity contribution in [3.05, 3.63) is 12.2 Å². The Morgan fingerprint density at radius 1 is 1.44 bits per heavy atom. The van der Waals surface area contributed by atoms with Gasteiger partial charge < -0.3 is 0 Å². The van der Waals surface area contributed by atoms with Gasteiger partial charge in [-0.3, -0.25) is 18.9 Å². The van der Waals surface area contributed by atoms with E-state index in [1.54, 1.807) is 13.8 Å². The van der Waals surface area contributed by atoms with Gasteiger partial charge in [-0.25, -0.2) is 4.57 Å². The van der Waals surface area contributed by atoms with E-state index in [0.717, 1.165) is 0 Å². The zero-order chi connectivity index (χ0) is 14.6. The minimum atomic E-state index is -3.64. The molecule has 2 atom stereocenters. The van der Waals surface area contributed by atoms with Crippen LogP contribution in [0.5, 0.6) is 0 Å². The van der Waals surface area contributed by atoms with Crippen molar-refractivity contribution in [2.75, 3.05) is 6.61 Å². The fourth-order valence-electron chi connectivity index (χ4n) is 0.845. The largest absolute Gasteiger partial charge is 0.435 e. The SMILES string of the molecule is C=C(C)C(=O)NP(=O)(OCC)OC(C)C(C)(C)C. The van der Waals surface area contributed by atoms with Gasteiger partial charge in [0, 0.05) is 5.57 Å². The van der Waals surface area contributed by atoms with Crippen LogP contribution in [0.25, 0.3) is 0 Å². The molecule has 0 aromatic carbocycles. The van der Waals surface area contributed by atoms with Crippen LogP contribution in [0.2, 0.25) is 0 Å². The molecule has 1 N–H and O–H groups in total. The second-order valence-corrected chi connectivity index (χ2v) is 6.94. The summed E-state index contributed by atoms with van der Waals surface area (Å²) in [6.45, 7) is 14.5. The van der Waals surface area contributed by atoms with Crippen LogP contribution in [-0.2, 0) is 18.4 Å². The summed E-state index contributed by atoms with van der Waals surface area (Å²) in [6.07, 6.45) is -0.333. The Balaban J connectivity index is 4.88. The molecule has 0 rings (SSSR count). The smallest absolute Gasteiger partial charge is 0.293 e. The molecule has 18 heavy (non-hydrogen) atoms. The normalized spacial score (nSPS) is 16.8. The first-order valence-corrected chi connectivity index (χ1v) is 7.47. The Kier molecular flexibility index (Phi) is 6.27. The van der Waals surface area contributed by atoms with Crippen molar-refractivity contribution in [1.82, 2.24) is 5.09 Å². The number of rotatable bonds is 6. The third kappa shape index (κ3) is 5.80. The highest BCUT2D eigenvalue weighted by Gasteiger charge is 2.34. The number of amides is 1. The van der Waals surface area contributed by atoms with Crippen LogP contribution in [0.4, 0.5) is 0 Å². The summed E-state index contributed by atoms with van der Waals surface area (Å²) in [5.41, 5.74) is 0.0442. The van der Waals surface area contributed by atoms with E-state index in [0.29, 0.717) is 0 Å². The van der Waals surface area contributed by atoms with Crippen LogP contribution >= 0.6 is 7.75 Å². The first-order chi connectivity index (χ1) is 8.02. The van der Waals surface area contributed by atoms with Crippen molar-refractivity contribution < 1.29 is 18.4 Å². The molecule has 0 aromatic rings. The molecule has 0 aliphatic rings. The van der Waals surface area contributed by atoms with Crippen molar-refractivity contribution in [2.45, 2.75) is 47.6 Å². The zero-order valence-corrected chi connectivity index (χ0v) is 13.0. The fraction of sp³-hybridized carbons (Fsp3) is 0.750. The molecule has 0 heterocycles. The van der Waals surface area contributed by atoms with E-state index in [2.05, 4.69) is 11.7 Å². The first-order valence-electron chi connectivity index (χ1n) is 5.93. The Hall–Kier alpha value is -0.640. The van der Waals surface area contributed by atoms with Gasteiger partial charge in [0.15, 0.2) is 0 Å². The lowest BCUT2D eigenvalue weighted by atomic mass is 9.91. The van der Waals surface area contributed by atoms with Crippen molar-refractivity contribution in [3.8, 4) is 0 Å². The summed E-state index contributed by atoms with van der Waals surface area (Å²) in [4.78, 5) is 11.5. The maximum absolute atomic E-state index is 12.4. The van der Waals surface area contributed by atoms with Gasteiger partial charge in [-0.2, -0.15) is 0 Å². The molecule has 0 spiro atoms. The molecule has 0 fully saturated rings. The van der Waals surface area contributed by atoms with E-state index >= 15 is 0 Å². The van der Waals surface area contributed by atoms with Gasteiger partial charge in [0.25, 0.3) is 5.91 Å². The van der Waals surface area contributed by atoms with Crippen LogP contribution < -0.4 is 5.09 Å². The molecule has 6 heteroatoms. The zero-order valence-electron chi connectivity index (χ0n) is 12.1. The predicted octanol–water partition coefficient (Wildman–Crippen LogP) is 3.27. The van der Waals surface area contributed by atoms with Crippen LogP contribution in [-0.4, -0.2) is 18.6 Å². The van der Waals surface area contributed by atoms with Crippen LogP contribution in [0.15, 0.2) is 12.2 Å². The molecular weight excluding hydrogens is 253 g/mol. The summed E-state index contributed by atoms with van der Waals surface area (Å²) < 4.78 is 22.9. The molecule has 0 aliphatic carbocycles. The molecule has 106 valence electrons. The van der Waals surface area contributed by atoms with E-state index in [9.17, 15) is 9.36 Å². The fourth-order valence-corrected chi connectivity index (χ4v) is 2.54. The molecule has 0 saturated heterocycles. The van der Waals surface area contributed by atoms with Gasteiger partial charge in [0.1, 0.15) is 0 Å². The van der Waals surface area contributed by atoms with Crippen molar-refractivity contribution >= 4 is 13.7 Å². The highest BCUT2D eigenvalue weighted by molar-refractivity contribution is 7.52. The molecule has 0 bridgehead atoms. The molecular formula is C12H24NO4P. The molecule has 1 amide bonds. The van der Waals surface area contributed by atoms with Gasteiger partial charge in [-0.1, -0.05) is 27.4 Å². The molecule has 0 radical (unpaired) electrons. The maximum Gasteiger partial charge on any atom is 0.435 e. The van der Waals surface area contributed by atoms with Crippen molar-refractivity contribution in [3.63, 3.8) is 0 Å². The van der Waals surface area contributed by atoms with Crippen LogP contribution in [0, 0.1) is 5.41 Å². The molecule has 0 aliphatic heterocycles. The Labute approximate surface area is 110 Å². The minimum absolute atomic E-state index is 0.185. The number of carbonyl (C=O) groups is 1. The quantitative estimate of drug-likeness (QED) is 0.597. The predicted molar refractivity (Wildman–Crippen MR) is 72.2 cm³/mol. The lowest BCUT2D eigenvalue weighted by Crippen LogP contribution is -2.30. The lowest BCUT2D eigenvalue weighted by Gasteiger charge is -2.30. The number of carbonyl (C=O) groups excluding carboxylic acids is 1. The summed E-state index contributed by atoms with van der Waals surface area (Å²) in [5.74, 6) is -0.534. The maximum atomic E-state index is 12.4. The highest BCUT2D eigenvalue weighted by Crippen LogP contribution is 2.47. The van der Waals surface area contributed by atoms with Gasteiger partial charge in [-0.15, -0.1) is 0 Å². The number of hydrogen-bond acceptors (Lipinski definition) is 4. The van der Waals surface area contributed by atoms with E-state index in [1.165, 1.54) is 6.92 Å². The second-order valence-electron chi connectivity index (χ2n) is 5.25. The third-order valence-corrected chi connectivity index (χ3v) is 4.11. The van der Waals surface area contributed by atoms with Gasteiger partial charge in [0.2, 0.25) is 0 Å². The summed E-state index contributed by atoms with van der Waals surface area (Å²) in [6, 6.07) is 0. The highest BCUT2D eigenvalue weighted by atomic mass is 31.2. The van der Waals surface area contributed by atoms with Gasteiger partial charge in [0.05, 0.1) is 12.7 Å². The molecule has 0 aromatic heterocycles. The Morgan fingerprint density at radius 3 is 2.28 bits per heavy atom. The van der Waals surface area contributed by atoms with E-state index in [4.69, 9.17) is 9.05 Å². The van der Waals surface area contributed by atoms with Crippen LogP contribution in [0.1, 0.15) is 41.5 Å². The first kappa shape index (κ1) is 17.4. The average molecular weight is 277 g/mol. The van der Waals surface area contributed by atoms with Gasteiger partial charge >= 0.3 is 7.75 Å². The molecule has 2 unspecified atom stereocenters. The Morgan fingerprint density at radius 2 is 1.94 bits per heavy atom. The van der Waals surface area contributed by atoms with Crippen molar-refractivity contribution in [1.29, 1.82) is 0 Å². The standard InChI is InChI=1S/C12H24NO4P/c1-8-16-18(15,13-11(14)9(2)3)17-10(4)12(5,6)7/h10H,2,8H2,1,3-7H3,(H,13,14,15). The molecule has 0 saturated carbocycles. The third-order valence-electron chi connectivity index (χ3n) is 2.44. The van der Waals surface area contributed by atoms with Crippen LogP contribution in [0.3, 0.4) is 0 Å². The minimum Gasteiger partial charge on any atom is -0.293 e.